The van der Waals surface area contributed by atoms with Gasteiger partial charge in [-0.25, -0.2) is 14.2 Å². The molecular weight excluding hydrogens is 345 g/mol. The van der Waals surface area contributed by atoms with Crippen LogP contribution in [-0.4, -0.2) is 43.6 Å². The van der Waals surface area contributed by atoms with Crippen molar-refractivity contribution < 1.29 is 19.1 Å². The fourth-order valence-corrected chi connectivity index (χ4v) is 3.68. The summed E-state index contributed by atoms with van der Waals surface area (Å²) < 4.78 is 12.9. The molecule has 0 fully saturated rings. The van der Waals surface area contributed by atoms with Gasteiger partial charge in [0.2, 0.25) is 5.91 Å². The van der Waals surface area contributed by atoms with Crippen LogP contribution in [0.25, 0.3) is 0 Å². The number of H-pyrrole nitrogens is 1. The molecule has 1 aromatic carbocycles. The number of hydrogen-bond donors (Lipinski definition) is 2. The van der Waals surface area contributed by atoms with Crippen LogP contribution in [0.15, 0.2) is 30.6 Å². The van der Waals surface area contributed by atoms with Crippen LogP contribution in [0.3, 0.4) is 0 Å². The molecule has 1 atom stereocenters. The second-order valence-corrected chi connectivity index (χ2v) is 6.94. The number of fused-ring (bicyclic) bond motifs is 1. The molecule has 25 heavy (non-hydrogen) atoms. The van der Waals surface area contributed by atoms with Gasteiger partial charge in [-0.3, -0.25) is 4.79 Å². The van der Waals surface area contributed by atoms with Crippen molar-refractivity contribution in [2.45, 2.75) is 31.2 Å². The first-order valence-corrected chi connectivity index (χ1v) is 9.05. The maximum Gasteiger partial charge on any atom is 0.326 e. The Morgan fingerprint density at radius 2 is 2.12 bits per heavy atom. The van der Waals surface area contributed by atoms with Crippen molar-refractivity contribution in [3.05, 3.63) is 53.4 Å². The highest BCUT2D eigenvalue weighted by Gasteiger charge is 2.35. The molecule has 0 saturated heterocycles. The van der Waals surface area contributed by atoms with Gasteiger partial charge in [-0.1, -0.05) is 12.1 Å². The molecule has 1 aliphatic rings. The van der Waals surface area contributed by atoms with Gasteiger partial charge in [0.15, 0.2) is 0 Å². The second-order valence-electron chi connectivity index (χ2n) is 5.84. The topological polar surface area (TPSA) is 86.3 Å². The molecule has 2 N–H and O–H groups in total. The van der Waals surface area contributed by atoms with Crippen molar-refractivity contribution >= 4 is 23.6 Å². The molecule has 0 unspecified atom stereocenters. The largest absolute Gasteiger partial charge is 0.480 e. The van der Waals surface area contributed by atoms with E-state index in [1.807, 2.05) is 0 Å². The fourth-order valence-electron chi connectivity index (χ4n) is 2.79. The van der Waals surface area contributed by atoms with Crippen molar-refractivity contribution in [3.63, 3.8) is 0 Å². The zero-order valence-electron chi connectivity index (χ0n) is 13.4. The van der Waals surface area contributed by atoms with Crippen molar-refractivity contribution in [1.29, 1.82) is 0 Å². The molecule has 0 saturated carbocycles. The fraction of sp³-hybridized carbons (Fsp3) is 0.353. The van der Waals surface area contributed by atoms with E-state index in [-0.39, 0.29) is 31.1 Å². The molecule has 3 rings (SSSR count). The van der Waals surface area contributed by atoms with E-state index in [0.717, 1.165) is 11.3 Å². The Hall–Kier alpha value is -2.35. The molecule has 132 valence electrons. The number of nitrogens with zero attached hydrogens (tertiary/aromatic N) is 2. The summed E-state index contributed by atoms with van der Waals surface area (Å²) in [4.78, 5) is 32.4. The molecule has 2 heterocycles. The van der Waals surface area contributed by atoms with Crippen LogP contribution in [0.4, 0.5) is 4.39 Å². The Kier molecular flexibility index (Phi) is 5.37. The Balaban J connectivity index is 1.53. The lowest BCUT2D eigenvalue weighted by Crippen LogP contribution is -2.48. The van der Waals surface area contributed by atoms with E-state index >= 15 is 0 Å². The van der Waals surface area contributed by atoms with Gasteiger partial charge in [0, 0.05) is 24.3 Å². The van der Waals surface area contributed by atoms with E-state index in [0.29, 0.717) is 17.2 Å². The summed E-state index contributed by atoms with van der Waals surface area (Å²) in [6.07, 6.45) is 2.01. The van der Waals surface area contributed by atoms with Crippen molar-refractivity contribution in [2.75, 3.05) is 5.75 Å². The van der Waals surface area contributed by atoms with Gasteiger partial charge in [-0.15, -0.1) is 0 Å². The first-order chi connectivity index (χ1) is 12.0. The van der Waals surface area contributed by atoms with Gasteiger partial charge in [0.05, 0.1) is 24.3 Å². The van der Waals surface area contributed by atoms with E-state index in [1.54, 1.807) is 23.9 Å². The lowest BCUT2D eigenvalue weighted by atomic mass is 10.0. The summed E-state index contributed by atoms with van der Waals surface area (Å²) in [7, 11) is 0. The Morgan fingerprint density at radius 1 is 1.36 bits per heavy atom. The number of amides is 1. The molecule has 0 radical (unpaired) electrons. The van der Waals surface area contributed by atoms with Crippen molar-refractivity contribution in [1.82, 2.24) is 14.9 Å². The number of aliphatic carboxylic acids is 1. The lowest BCUT2D eigenvalue weighted by Gasteiger charge is -2.32. The molecule has 2 aromatic rings. The zero-order chi connectivity index (χ0) is 17.8. The highest BCUT2D eigenvalue weighted by atomic mass is 32.2. The molecule has 0 bridgehead atoms. The van der Waals surface area contributed by atoms with Crippen LogP contribution < -0.4 is 0 Å². The number of benzene rings is 1. The SMILES string of the molecule is O=C(O)[C@H]1Cc2nc[nH]c2CN1C(=O)CCSCc1ccc(F)cc1. The van der Waals surface area contributed by atoms with Crippen LogP contribution in [-0.2, 0) is 28.3 Å². The molecular formula is C17H18FN3O3S. The molecule has 8 heteroatoms. The smallest absolute Gasteiger partial charge is 0.326 e. The third-order valence-electron chi connectivity index (χ3n) is 4.15. The van der Waals surface area contributed by atoms with Crippen LogP contribution in [0.1, 0.15) is 23.4 Å². The summed E-state index contributed by atoms with van der Waals surface area (Å²) in [5.41, 5.74) is 2.49. The number of halogens is 1. The van der Waals surface area contributed by atoms with Crippen LogP contribution in [0.5, 0.6) is 0 Å². The highest BCUT2D eigenvalue weighted by molar-refractivity contribution is 7.98. The van der Waals surface area contributed by atoms with Crippen LogP contribution in [0.2, 0.25) is 0 Å². The molecule has 0 aliphatic carbocycles. The molecule has 1 aliphatic heterocycles. The number of carboxylic acid groups (broad SMARTS) is 1. The van der Waals surface area contributed by atoms with Gasteiger partial charge in [0.1, 0.15) is 11.9 Å². The Morgan fingerprint density at radius 3 is 2.84 bits per heavy atom. The first kappa shape index (κ1) is 17.5. The predicted molar refractivity (Wildman–Crippen MR) is 91.4 cm³/mol. The molecule has 0 spiro atoms. The van der Waals surface area contributed by atoms with Crippen molar-refractivity contribution in [2.24, 2.45) is 0 Å². The zero-order valence-corrected chi connectivity index (χ0v) is 14.3. The third-order valence-corrected chi connectivity index (χ3v) is 5.18. The number of aromatic amines is 1. The van der Waals surface area contributed by atoms with Crippen molar-refractivity contribution in [3.8, 4) is 0 Å². The van der Waals surface area contributed by atoms with E-state index < -0.39 is 12.0 Å². The molecule has 1 amide bonds. The quantitative estimate of drug-likeness (QED) is 0.769. The van der Waals surface area contributed by atoms with Gasteiger partial charge in [-0.05, 0) is 17.7 Å². The normalized spacial score (nSPS) is 16.5. The summed E-state index contributed by atoms with van der Waals surface area (Å²) in [5, 5.41) is 9.40. The monoisotopic (exact) mass is 363 g/mol. The number of carboxylic acids is 1. The number of carbonyl (C=O) groups excluding carboxylic acids is 1. The maximum atomic E-state index is 12.9. The number of thioether (sulfide) groups is 1. The van der Waals surface area contributed by atoms with Crippen LogP contribution in [0, 0.1) is 5.82 Å². The summed E-state index contributed by atoms with van der Waals surface area (Å²) in [6, 6.07) is 5.39. The minimum Gasteiger partial charge on any atom is -0.480 e. The first-order valence-electron chi connectivity index (χ1n) is 7.90. The average molecular weight is 363 g/mol. The maximum absolute atomic E-state index is 12.9. The Labute approximate surface area is 148 Å². The Bertz CT molecular complexity index is 763. The average Bonchev–Trinajstić information content (AvgIpc) is 3.06. The number of nitrogens with one attached hydrogen (secondary N) is 1. The van der Waals surface area contributed by atoms with E-state index in [1.165, 1.54) is 23.4 Å². The number of imidazole rings is 1. The highest BCUT2D eigenvalue weighted by Crippen LogP contribution is 2.22. The summed E-state index contributed by atoms with van der Waals surface area (Å²) in [5.74, 6) is -0.206. The predicted octanol–water partition coefficient (Wildman–Crippen LogP) is 2.21. The second kappa shape index (κ2) is 7.69. The number of hydrogen-bond acceptors (Lipinski definition) is 4. The minimum atomic E-state index is -1.01. The molecule has 1 aromatic heterocycles. The van der Waals surface area contributed by atoms with E-state index in [2.05, 4.69) is 9.97 Å². The number of carbonyl (C=O) groups is 2. The van der Waals surface area contributed by atoms with Gasteiger partial charge >= 0.3 is 5.97 Å². The minimum absolute atomic E-state index is 0.181. The van der Waals surface area contributed by atoms with E-state index in [4.69, 9.17) is 0 Å². The summed E-state index contributed by atoms with van der Waals surface area (Å²) in [6.45, 7) is 0.244. The summed E-state index contributed by atoms with van der Waals surface area (Å²) >= 11 is 1.56. The van der Waals surface area contributed by atoms with Gasteiger partial charge in [-0.2, -0.15) is 11.8 Å². The van der Waals surface area contributed by atoms with Crippen LogP contribution >= 0.6 is 11.8 Å². The van der Waals surface area contributed by atoms with Gasteiger partial charge < -0.3 is 15.0 Å². The third kappa shape index (κ3) is 4.19. The number of aromatic nitrogens is 2. The standard InChI is InChI=1S/C17H18FN3O3S/c18-12-3-1-11(2-4-12)9-25-6-5-16(22)21-8-14-13(19-10-20-14)7-15(21)17(23)24/h1-4,10,15H,5-9H2,(H,19,20)(H,23,24)/t15-/m1/s1. The number of rotatable bonds is 6. The van der Waals surface area contributed by atoms with E-state index in [9.17, 15) is 19.1 Å². The van der Waals surface area contributed by atoms with Gasteiger partial charge in [0.25, 0.3) is 0 Å². The molecule has 6 nitrogen and oxygen atoms in total. The lowest BCUT2D eigenvalue weighted by molar-refractivity contribution is -0.151.